The fourth-order valence-corrected chi connectivity index (χ4v) is 1.70. The van der Waals surface area contributed by atoms with Gasteiger partial charge in [-0.15, -0.1) is 0 Å². The highest BCUT2D eigenvalue weighted by Crippen LogP contribution is 2.17. The van der Waals surface area contributed by atoms with E-state index in [0.29, 0.717) is 17.1 Å². The van der Waals surface area contributed by atoms with Crippen LogP contribution in [0.3, 0.4) is 0 Å². The monoisotopic (exact) mass is 245 g/mol. The topological polar surface area (TPSA) is 67.2 Å². The van der Waals surface area contributed by atoms with Crippen LogP contribution in [0.25, 0.3) is 0 Å². The fourth-order valence-electron chi connectivity index (χ4n) is 1.70. The third-order valence-electron chi connectivity index (χ3n) is 2.63. The van der Waals surface area contributed by atoms with Gasteiger partial charge in [-0.1, -0.05) is 5.16 Å². The van der Waals surface area contributed by atoms with Crippen molar-refractivity contribution < 1.29 is 9.32 Å². The fraction of sp³-hybridized carbons (Fsp3) is 0.231. The second-order valence-electron chi connectivity index (χ2n) is 4.06. The number of aromatic nitrogens is 1. The number of rotatable bonds is 3. The molecule has 0 saturated heterocycles. The van der Waals surface area contributed by atoms with E-state index in [4.69, 9.17) is 4.52 Å². The van der Waals surface area contributed by atoms with Crippen molar-refractivity contribution in [3.8, 4) is 0 Å². The highest BCUT2D eigenvalue weighted by atomic mass is 16.5. The minimum Gasteiger partial charge on any atom is -0.388 e. The molecule has 5 heteroatoms. The van der Waals surface area contributed by atoms with Crippen LogP contribution in [0.1, 0.15) is 21.7 Å². The van der Waals surface area contributed by atoms with Crippen molar-refractivity contribution in [2.75, 3.05) is 17.7 Å². The molecule has 0 aliphatic rings. The zero-order chi connectivity index (χ0) is 13.1. The first kappa shape index (κ1) is 12.2. The zero-order valence-corrected chi connectivity index (χ0v) is 10.6. The summed E-state index contributed by atoms with van der Waals surface area (Å²) in [4.78, 5) is 12.0. The Morgan fingerprint density at radius 3 is 2.61 bits per heavy atom. The largest absolute Gasteiger partial charge is 0.388 e. The molecule has 0 spiro atoms. The standard InChI is InChI=1S/C13H15N3O2/c1-8-6-10(4-5-11(8)14-3)13(17)15-12-7-9(2)18-16-12/h4-7,14H,1-3H3,(H,15,16,17). The van der Waals surface area contributed by atoms with E-state index in [0.717, 1.165) is 11.3 Å². The molecular formula is C13H15N3O2. The van der Waals surface area contributed by atoms with Crippen molar-refractivity contribution >= 4 is 17.4 Å². The van der Waals surface area contributed by atoms with Crippen LogP contribution in [0, 0.1) is 13.8 Å². The summed E-state index contributed by atoms with van der Waals surface area (Å²) in [6.07, 6.45) is 0. The molecule has 1 aromatic carbocycles. The first-order valence-electron chi connectivity index (χ1n) is 5.63. The van der Waals surface area contributed by atoms with Crippen LogP contribution in [0.15, 0.2) is 28.8 Å². The number of hydrogen-bond donors (Lipinski definition) is 2. The van der Waals surface area contributed by atoms with E-state index < -0.39 is 0 Å². The molecule has 2 aromatic rings. The summed E-state index contributed by atoms with van der Waals surface area (Å²) in [6, 6.07) is 7.14. The van der Waals surface area contributed by atoms with Crippen LogP contribution < -0.4 is 10.6 Å². The number of aryl methyl sites for hydroxylation is 2. The summed E-state index contributed by atoms with van der Waals surface area (Å²) in [6.45, 7) is 3.72. The van der Waals surface area contributed by atoms with Gasteiger partial charge >= 0.3 is 0 Å². The molecule has 0 aliphatic carbocycles. The van der Waals surface area contributed by atoms with Gasteiger partial charge in [-0.3, -0.25) is 4.79 Å². The summed E-state index contributed by atoms with van der Waals surface area (Å²) in [7, 11) is 1.85. The predicted octanol–water partition coefficient (Wildman–Crippen LogP) is 2.59. The highest BCUT2D eigenvalue weighted by Gasteiger charge is 2.09. The lowest BCUT2D eigenvalue weighted by atomic mass is 10.1. The number of carbonyl (C=O) groups is 1. The van der Waals surface area contributed by atoms with Crippen molar-refractivity contribution in [1.82, 2.24) is 5.16 Å². The van der Waals surface area contributed by atoms with E-state index in [1.54, 1.807) is 19.1 Å². The maximum atomic E-state index is 12.0. The van der Waals surface area contributed by atoms with Crippen LogP contribution in [-0.4, -0.2) is 18.1 Å². The van der Waals surface area contributed by atoms with Crippen molar-refractivity contribution in [3.63, 3.8) is 0 Å². The molecule has 0 aliphatic heterocycles. The van der Waals surface area contributed by atoms with E-state index in [1.807, 2.05) is 26.1 Å². The maximum Gasteiger partial charge on any atom is 0.256 e. The predicted molar refractivity (Wildman–Crippen MR) is 69.9 cm³/mol. The Morgan fingerprint density at radius 1 is 1.28 bits per heavy atom. The number of carbonyl (C=O) groups excluding carboxylic acids is 1. The minimum absolute atomic E-state index is 0.200. The first-order chi connectivity index (χ1) is 8.60. The van der Waals surface area contributed by atoms with Crippen LogP contribution >= 0.6 is 0 Å². The Hall–Kier alpha value is -2.30. The third-order valence-corrected chi connectivity index (χ3v) is 2.63. The molecule has 94 valence electrons. The lowest BCUT2D eigenvalue weighted by Gasteiger charge is -2.07. The molecule has 0 bridgehead atoms. The lowest BCUT2D eigenvalue weighted by Crippen LogP contribution is -2.12. The summed E-state index contributed by atoms with van der Waals surface area (Å²) in [5, 5.41) is 9.45. The molecular weight excluding hydrogens is 230 g/mol. The van der Waals surface area contributed by atoms with Gasteiger partial charge in [-0.25, -0.2) is 0 Å². The molecule has 18 heavy (non-hydrogen) atoms. The number of nitrogens with zero attached hydrogens (tertiary/aromatic N) is 1. The summed E-state index contributed by atoms with van der Waals surface area (Å²) in [5.41, 5.74) is 2.61. The summed E-state index contributed by atoms with van der Waals surface area (Å²) in [5.74, 6) is 0.883. The molecule has 2 rings (SSSR count). The third kappa shape index (κ3) is 2.51. The van der Waals surface area contributed by atoms with Gasteiger partial charge in [0.1, 0.15) is 5.76 Å². The van der Waals surface area contributed by atoms with Crippen molar-refractivity contribution in [2.45, 2.75) is 13.8 Å². The van der Waals surface area contributed by atoms with E-state index >= 15 is 0 Å². The molecule has 0 fully saturated rings. The van der Waals surface area contributed by atoms with Crippen LogP contribution in [-0.2, 0) is 0 Å². The van der Waals surface area contributed by atoms with Crippen molar-refractivity contribution in [2.24, 2.45) is 0 Å². The van der Waals surface area contributed by atoms with E-state index in [9.17, 15) is 4.79 Å². The van der Waals surface area contributed by atoms with Gasteiger partial charge in [0.2, 0.25) is 0 Å². The van der Waals surface area contributed by atoms with Gasteiger partial charge in [0.25, 0.3) is 5.91 Å². The number of anilines is 2. The van der Waals surface area contributed by atoms with Crippen molar-refractivity contribution in [1.29, 1.82) is 0 Å². The molecule has 0 radical (unpaired) electrons. The van der Waals surface area contributed by atoms with Gasteiger partial charge < -0.3 is 15.2 Å². The Kier molecular flexibility index (Phi) is 3.32. The average molecular weight is 245 g/mol. The van der Waals surface area contributed by atoms with Gasteiger partial charge in [0.15, 0.2) is 5.82 Å². The minimum atomic E-state index is -0.200. The summed E-state index contributed by atoms with van der Waals surface area (Å²) < 4.78 is 4.89. The van der Waals surface area contributed by atoms with E-state index in [1.165, 1.54) is 0 Å². The van der Waals surface area contributed by atoms with Crippen LogP contribution in [0.2, 0.25) is 0 Å². The second-order valence-corrected chi connectivity index (χ2v) is 4.06. The lowest BCUT2D eigenvalue weighted by molar-refractivity contribution is 0.102. The smallest absolute Gasteiger partial charge is 0.256 e. The van der Waals surface area contributed by atoms with Gasteiger partial charge in [0.05, 0.1) is 0 Å². The average Bonchev–Trinajstić information content (AvgIpc) is 2.74. The summed E-state index contributed by atoms with van der Waals surface area (Å²) >= 11 is 0. The Balaban J connectivity index is 2.16. The molecule has 0 saturated carbocycles. The van der Waals surface area contributed by atoms with Crippen molar-refractivity contribution in [3.05, 3.63) is 41.2 Å². The first-order valence-corrected chi connectivity index (χ1v) is 5.63. The highest BCUT2D eigenvalue weighted by molar-refractivity contribution is 6.04. The quantitative estimate of drug-likeness (QED) is 0.872. The molecule has 1 amide bonds. The van der Waals surface area contributed by atoms with Gasteiger partial charge in [-0.2, -0.15) is 0 Å². The van der Waals surface area contributed by atoms with Crippen LogP contribution in [0.4, 0.5) is 11.5 Å². The SMILES string of the molecule is CNc1ccc(C(=O)Nc2cc(C)on2)cc1C. The van der Waals surface area contributed by atoms with E-state index in [2.05, 4.69) is 15.8 Å². The number of hydrogen-bond acceptors (Lipinski definition) is 4. The molecule has 1 aromatic heterocycles. The van der Waals surface area contributed by atoms with Gasteiger partial charge in [-0.05, 0) is 37.6 Å². The molecule has 0 unspecified atom stereocenters. The molecule has 5 nitrogen and oxygen atoms in total. The zero-order valence-electron chi connectivity index (χ0n) is 10.6. The number of nitrogens with one attached hydrogen (secondary N) is 2. The number of benzene rings is 1. The Labute approximate surface area is 105 Å². The van der Waals surface area contributed by atoms with E-state index in [-0.39, 0.29) is 5.91 Å². The molecule has 0 atom stereocenters. The van der Waals surface area contributed by atoms with Crippen LogP contribution in [0.5, 0.6) is 0 Å². The van der Waals surface area contributed by atoms with Gasteiger partial charge in [0, 0.05) is 24.4 Å². The number of amides is 1. The Bertz CT molecular complexity index is 575. The second kappa shape index (κ2) is 4.91. The maximum absolute atomic E-state index is 12.0. The molecule has 1 heterocycles. The normalized spacial score (nSPS) is 10.2. The molecule has 2 N–H and O–H groups in total. The Morgan fingerprint density at radius 2 is 2.06 bits per heavy atom.